The highest BCUT2D eigenvalue weighted by Crippen LogP contribution is 2.42. The van der Waals surface area contributed by atoms with Crippen molar-refractivity contribution in [2.24, 2.45) is 11.3 Å². The lowest BCUT2D eigenvalue weighted by Crippen LogP contribution is -2.28. The highest BCUT2D eigenvalue weighted by molar-refractivity contribution is 5.10. The summed E-state index contributed by atoms with van der Waals surface area (Å²) in [5, 5.41) is 9.46. The molecule has 0 radical (unpaired) electrons. The third kappa shape index (κ3) is 2.91. The molecule has 17 heavy (non-hydrogen) atoms. The van der Waals surface area contributed by atoms with E-state index in [1.54, 1.807) is 6.26 Å². The van der Waals surface area contributed by atoms with Crippen LogP contribution in [0.2, 0.25) is 0 Å². The molecule has 0 unspecified atom stereocenters. The van der Waals surface area contributed by atoms with Gasteiger partial charge in [0.1, 0.15) is 5.76 Å². The molecule has 0 aromatic carbocycles. The van der Waals surface area contributed by atoms with Crippen LogP contribution in [0.5, 0.6) is 0 Å². The fraction of sp³-hybridized carbons (Fsp3) is 0.667. The fourth-order valence-electron chi connectivity index (χ4n) is 3.00. The quantitative estimate of drug-likeness (QED) is 0.773. The average Bonchev–Trinajstić information content (AvgIpc) is 2.85. The summed E-state index contributed by atoms with van der Waals surface area (Å²) in [4.78, 5) is 0. The van der Waals surface area contributed by atoms with Crippen LogP contribution in [-0.2, 0) is 6.42 Å². The lowest BCUT2D eigenvalue weighted by atomic mass is 9.68. The first kappa shape index (κ1) is 12.2. The van der Waals surface area contributed by atoms with E-state index in [9.17, 15) is 5.26 Å². The van der Waals surface area contributed by atoms with Gasteiger partial charge in [-0.1, -0.05) is 19.8 Å². The zero-order valence-electron chi connectivity index (χ0n) is 10.6. The topological polar surface area (TPSA) is 36.9 Å². The van der Waals surface area contributed by atoms with E-state index < -0.39 is 0 Å². The molecule has 0 amide bonds. The van der Waals surface area contributed by atoms with Crippen LogP contribution in [0.4, 0.5) is 0 Å². The Bertz CT molecular complexity index is 366. The number of rotatable bonds is 4. The Labute approximate surface area is 104 Å². The Kier molecular flexibility index (Phi) is 3.89. The highest BCUT2D eigenvalue weighted by Gasteiger charge is 2.36. The van der Waals surface area contributed by atoms with Crippen LogP contribution in [0.1, 0.15) is 51.2 Å². The number of hydrogen-bond acceptors (Lipinski definition) is 2. The minimum absolute atomic E-state index is 0.165. The van der Waals surface area contributed by atoms with Gasteiger partial charge in [0.15, 0.2) is 0 Å². The maximum Gasteiger partial charge on any atom is 0.105 e. The summed E-state index contributed by atoms with van der Waals surface area (Å²) in [6.07, 6.45) is 9.57. The average molecular weight is 231 g/mol. The largest absolute Gasteiger partial charge is 0.469 e. The van der Waals surface area contributed by atoms with E-state index in [1.807, 2.05) is 12.1 Å². The van der Waals surface area contributed by atoms with Gasteiger partial charge < -0.3 is 4.42 Å². The molecule has 0 bridgehead atoms. The molecule has 2 rings (SSSR count). The van der Waals surface area contributed by atoms with Crippen LogP contribution in [0.15, 0.2) is 22.8 Å². The predicted molar refractivity (Wildman–Crippen MR) is 67.3 cm³/mol. The highest BCUT2D eigenvalue weighted by atomic mass is 16.3. The lowest BCUT2D eigenvalue weighted by Gasteiger charge is -2.34. The Hall–Kier alpha value is -1.23. The Morgan fingerprint density at radius 3 is 2.76 bits per heavy atom. The van der Waals surface area contributed by atoms with Gasteiger partial charge in [-0.25, -0.2) is 0 Å². The second kappa shape index (κ2) is 5.40. The minimum Gasteiger partial charge on any atom is -0.469 e. The van der Waals surface area contributed by atoms with Crippen molar-refractivity contribution in [3.05, 3.63) is 24.2 Å². The van der Waals surface area contributed by atoms with Gasteiger partial charge in [0.25, 0.3) is 0 Å². The van der Waals surface area contributed by atoms with Gasteiger partial charge in [-0.3, -0.25) is 0 Å². The summed E-state index contributed by atoms with van der Waals surface area (Å²) in [6, 6.07) is 6.45. The van der Waals surface area contributed by atoms with Gasteiger partial charge in [0.2, 0.25) is 0 Å². The van der Waals surface area contributed by atoms with Crippen LogP contribution in [0.25, 0.3) is 0 Å². The zero-order chi connectivity index (χ0) is 12.1. The first-order valence-corrected chi connectivity index (χ1v) is 6.71. The monoisotopic (exact) mass is 231 g/mol. The molecular formula is C15H21NO. The first-order valence-electron chi connectivity index (χ1n) is 6.71. The molecule has 2 heteroatoms. The van der Waals surface area contributed by atoms with E-state index in [-0.39, 0.29) is 5.41 Å². The van der Waals surface area contributed by atoms with Gasteiger partial charge >= 0.3 is 0 Å². The zero-order valence-corrected chi connectivity index (χ0v) is 10.6. The van der Waals surface area contributed by atoms with Crippen molar-refractivity contribution in [1.82, 2.24) is 0 Å². The molecule has 0 N–H and O–H groups in total. The molecule has 1 aliphatic rings. The second-order valence-corrected chi connectivity index (χ2v) is 5.38. The van der Waals surface area contributed by atoms with Crippen LogP contribution in [0.3, 0.4) is 0 Å². The van der Waals surface area contributed by atoms with Gasteiger partial charge in [0, 0.05) is 6.42 Å². The van der Waals surface area contributed by atoms with Crippen LogP contribution >= 0.6 is 0 Å². The Balaban J connectivity index is 1.96. The number of hydrogen-bond donors (Lipinski definition) is 0. The van der Waals surface area contributed by atoms with E-state index in [4.69, 9.17) is 4.42 Å². The SMILES string of the molecule is CCCC1CCC(C#N)(Cc2ccco2)CC1. The van der Waals surface area contributed by atoms with Gasteiger partial charge in [0.05, 0.1) is 17.7 Å². The molecule has 1 aromatic rings. The van der Waals surface area contributed by atoms with Crippen molar-refractivity contribution in [3.63, 3.8) is 0 Å². The van der Waals surface area contributed by atoms with E-state index in [1.165, 1.54) is 25.7 Å². The summed E-state index contributed by atoms with van der Waals surface area (Å²) in [7, 11) is 0. The van der Waals surface area contributed by atoms with Crippen molar-refractivity contribution in [3.8, 4) is 6.07 Å². The fourth-order valence-corrected chi connectivity index (χ4v) is 3.00. The predicted octanol–water partition coefficient (Wildman–Crippen LogP) is 4.32. The summed E-state index contributed by atoms with van der Waals surface area (Å²) in [6.45, 7) is 2.25. The summed E-state index contributed by atoms with van der Waals surface area (Å²) < 4.78 is 5.39. The van der Waals surface area contributed by atoms with Gasteiger partial charge in [-0.2, -0.15) is 5.26 Å². The third-order valence-electron chi connectivity index (χ3n) is 4.09. The van der Waals surface area contributed by atoms with Crippen molar-refractivity contribution >= 4 is 0 Å². The second-order valence-electron chi connectivity index (χ2n) is 5.38. The molecule has 0 saturated heterocycles. The van der Waals surface area contributed by atoms with Gasteiger partial charge in [-0.15, -0.1) is 0 Å². The van der Waals surface area contributed by atoms with Crippen molar-refractivity contribution in [2.45, 2.75) is 51.9 Å². The van der Waals surface area contributed by atoms with Crippen molar-refractivity contribution in [2.75, 3.05) is 0 Å². The Morgan fingerprint density at radius 2 is 2.24 bits per heavy atom. The molecule has 1 heterocycles. The van der Waals surface area contributed by atoms with E-state index in [2.05, 4.69) is 13.0 Å². The number of nitriles is 1. The molecule has 1 fully saturated rings. The van der Waals surface area contributed by atoms with E-state index in [0.29, 0.717) is 0 Å². The smallest absolute Gasteiger partial charge is 0.105 e. The number of furan rings is 1. The molecule has 1 aliphatic carbocycles. The summed E-state index contributed by atoms with van der Waals surface area (Å²) in [5.74, 6) is 1.80. The van der Waals surface area contributed by atoms with E-state index >= 15 is 0 Å². The molecule has 0 aliphatic heterocycles. The van der Waals surface area contributed by atoms with Crippen LogP contribution in [-0.4, -0.2) is 0 Å². The third-order valence-corrected chi connectivity index (χ3v) is 4.09. The van der Waals surface area contributed by atoms with Crippen LogP contribution < -0.4 is 0 Å². The lowest BCUT2D eigenvalue weighted by molar-refractivity contribution is 0.192. The van der Waals surface area contributed by atoms with Gasteiger partial charge in [-0.05, 0) is 43.7 Å². The van der Waals surface area contributed by atoms with Crippen molar-refractivity contribution in [1.29, 1.82) is 5.26 Å². The maximum atomic E-state index is 9.46. The standard InChI is InChI=1S/C15H21NO/c1-2-4-13-6-8-15(12-16,9-7-13)11-14-5-3-10-17-14/h3,5,10,13H,2,4,6-9,11H2,1H3. The normalized spacial score (nSPS) is 28.8. The Morgan fingerprint density at radius 1 is 1.47 bits per heavy atom. The summed E-state index contributed by atoms with van der Waals surface area (Å²) in [5.41, 5.74) is -0.165. The maximum absolute atomic E-state index is 9.46. The molecule has 92 valence electrons. The van der Waals surface area contributed by atoms with Crippen LogP contribution in [0, 0.1) is 22.7 Å². The molecular weight excluding hydrogens is 210 g/mol. The van der Waals surface area contributed by atoms with Crippen molar-refractivity contribution < 1.29 is 4.42 Å². The number of nitrogens with zero attached hydrogens (tertiary/aromatic N) is 1. The molecule has 0 atom stereocenters. The summed E-state index contributed by atoms with van der Waals surface area (Å²) >= 11 is 0. The molecule has 0 spiro atoms. The van der Waals surface area contributed by atoms with E-state index in [0.717, 1.165) is 30.9 Å². The molecule has 1 aromatic heterocycles. The minimum atomic E-state index is -0.165. The molecule has 1 saturated carbocycles. The molecule has 2 nitrogen and oxygen atoms in total. The first-order chi connectivity index (χ1) is 8.28.